The molecule has 0 fully saturated rings. The van der Waals surface area contributed by atoms with Gasteiger partial charge in [-0.1, -0.05) is 24.4 Å². The maximum absolute atomic E-state index is 11.4. The zero-order chi connectivity index (χ0) is 21.2. The van der Waals surface area contributed by atoms with E-state index in [2.05, 4.69) is 0 Å². The quantitative estimate of drug-likeness (QED) is 0.248. The van der Waals surface area contributed by atoms with Gasteiger partial charge in [0.2, 0.25) is 0 Å². The van der Waals surface area contributed by atoms with Gasteiger partial charge in [-0.2, -0.15) is 0 Å². The van der Waals surface area contributed by atoms with E-state index >= 15 is 0 Å². The van der Waals surface area contributed by atoms with Crippen molar-refractivity contribution in [1.29, 1.82) is 0 Å². The summed E-state index contributed by atoms with van der Waals surface area (Å²) in [4.78, 5) is 43.7. The molecule has 2 N–H and O–H groups in total. The summed E-state index contributed by atoms with van der Waals surface area (Å²) in [5.74, 6) is -3.00. The minimum atomic E-state index is -1.50. The van der Waals surface area contributed by atoms with Crippen LogP contribution in [0.5, 0.6) is 0 Å². The fourth-order valence-electron chi connectivity index (χ4n) is 2.32. The van der Waals surface area contributed by atoms with Crippen LogP contribution in [0.1, 0.15) is 12.8 Å². The van der Waals surface area contributed by atoms with Gasteiger partial charge < -0.3 is 10.2 Å². The smallest absolute Gasteiger partial charge is 0.338 e. The van der Waals surface area contributed by atoms with Crippen molar-refractivity contribution in [2.75, 3.05) is 0 Å². The summed E-state index contributed by atoms with van der Waals surface area (Å²) in [7, 11) is 1.34. The lowest BCUT2D eigenvalue weighted by Gasteiger charge is -2.15. The molecule has 0 aromatic rings. The summed E-state index contributed by atoms with van der Waals surface area (Å²) in [6.07, 6.45) is 1.91. The minimum Gasteiger partial charge on any atom is -0.478 e. The standard InChI is InChI=1S/C14H8N2O8S4/c17-13(18)7-1-5(25)3-9(11(7)15(21)22)27-28-10-4-6(26)2-8(14(19)20)12(10)16(23)24/h3-4H,1-2H2,(H,17,18)(H,19,20). The third-order valence-electron chi connectivity index (χ3n) is 3.43. The molecule has 0 unspecified atom stereocenters. The largest absolute Gasteiger partial charge is 0.478 e. The summed E-state index contributed by atoms with van der Waals surface area (Å²) >= 11 is 9.95. The Morgan fingerprint density at radius 3 is 1.43 bits per heavy atom. The molecule has 0 atom stereocenters. The molecular formula is C14H8N2O8S4. The molecule has 0 heterocycles. The van der Waals surface area contributed by atoms with Crippen molar-refractivity contribution in [2.45, 2.75) is 12.8 Å². The van der Waals surface area contributed by atoms with Crippen LogP contribution in [0.25, 0.3) is 0 Å². The molecule has 0 saturated carbocycles. The summed E-state index contributed by atoms with van der Waals surface area (Å²) in [6, 6.07) is 0. The van der Waals surface area contributed by atoms with Gasteiger partial charge in [-0.15, -0.1) is 0 Å². The number of nitrogens with zero attached hydrogens (tertiary/aromatic N) is 2. The van der Waals surface area contributed by atoms with Crippen LogP contribution < -0.4 is 0 Å². The molecule has 0 saturated heterocycles. The molecule has 0 radical (unpaired) electrons. The highest BCUT2D eigenvalue weighted by molar-refractivity contribution is 8.79. The van der Waals surface area contributed by atoms with Crippen LogP contribution in [0.4, 0.5) is 0 Å². The van der Waals surface area contributed by atoms with Gasteiger partial charge in [-0.25, -0.2) is 9.59 Å². The zero-order valence-electron chi connectivity index (χ0n) is 13.4. The SMILES string of the molecule is O=C(O)C1=C([N+](=O)[O-])C(SSC2=CC(=S)CC(C(=O)O)=C2[N+](=O)[O-])=CC(=S)C1. The third-order valence-corrected chi connectivity index (χ3v) is 6.34. The molecule has 28 heavy (non-hydrogen) atoms. The monoisotopic (exact) mass is 460 g/mol. The topological polar surface area (TPSA) is 161 Å². The van der Waals surface area contributed by atoms with Crippen molar-refractivity contribution >= 4 is 67.7 Å². The van der Waals surface area contributed by atoms with Gasteiger partial charge in [0.15, 0.2) is 0 Å². The van der Waals surface area contributed by atoms with Gasteiger partial charge in [0.25, 0.3) is 11.4 Å². The van der Waals surface area contributed by atoms with E-state index in [-0.39, 0.29) is 32.4 Å². The molecule has 0 amide bonds. The average molecular weight is 460 g/mol. The first-order valence-corrected chi connectivity index (χ1v) is 10.1. The molecule has 0 bridgehead atoms. The Kier molecular flexibility index (Phi) is 6.82. The van der Waals surface area contributed by atoms with E-state index in [0.29, 0.717) is 21.6 Å². The number of carboxylic acid groups (broad SMARTS) is 2. The Balaban J connectivity index is 2.43. The molecule has 0 aliphatic heterocycles. The van der Waals surface area contributed by atoms with E-state index in [1.165, 1.54) is 12.2 Å². The lowest BCUT2D eigenvalue weighted by atomic mass is 10.0. The number of hydrogen-bond acceptors (Lipinski definition) is 10. The van der Waals surface area contributed by atoms with Gasteiger partial charge in [0.1, 0.15) is 11.1 Å². The molecular weight excluding hydrogens is 452 g/mol. The van der Waals surface area contributed by atoms with E-state index in [0.717, 1.165) is 0 Å². The van der Waals surface area contributed by atoms with Crippen molar-refractivity contribution in [3.63, 3.8) is 0 Å². The van der Waals surface area contributed by atoms with Crippen molar-refractivity contribution in [1.82, 2.24) is 0 Å². The Morgan fingerprint density at radius 2 is 1.18 bits per heavy atom. The van der Waals surface area contributed by atoms with E-state index in [1.54, 1.807) is 0 Å². The highest BCUT2D eigenvalue weighted by Crippen LogP contribution is 2.46. The molecule has 0 spiro atoms. The van der Waals surface area contributed by atoms with Crippen LogP contribution in [0.15, 0.2) is 44.5 Å². The normalized spacial score (nSPS) is 17.3. The van der Waals surface area contributed by atoms with E-state index in [1.807, 2.05) is 0 Å². The molecule has 2 rings (SSSR count). The second-order valence-electron chi connectivity index (χ2n) is 5.25. The van der Waals surface area contributed by atoms with Gasteiger partial charge in [0, 0.05) is 22.6 Å². The van der Waals surface area contributed by atoms with Crippen LogP contribution in [-0.4, -0.2) is 41.7 Å². The van der Waals surface area contributed by atoms with Crippen LogP contribution >= 0.6 is 46.0 Å². The maximum atomic E-state index is 11.4. The first-order chi connectivity index (χ1) is 13.0. The molecule has 146 valence electrons. The zero-order valence-corrected chi connectivity index (χ0v) is 16.7. The number of allylic oxidation sites excluding steroid dienone is 2. The first kappa shape index (κ1) is 21.9. The predicted molar refractivity (Wildman–Crippen MR) is 109 cm³/mol. The average Bonchev–Trinajstić information content (AvgIpc) is 2.57. The Labute approximate surface area is 174 Å². The summed E-state index contributed by atoms with van der Waals surface area (Å²) in [6.45, 7) is 0. The maximum Gasteiger partial charge on any atom is 0.338 e. The van der Waals surface area contributed by atoms with Gasteiger partial charge >= 0.3 is 11.9 Å². The third kappa shape index (κ3) is 4.70. The van der Waals surface area contributed by atoms with Crippen LogP contribution in [0, 0.1) is 20.2 Å². The van der Waals surface area contributed by atoms with E-state index < -0.39 is 44.3 Å². The predicted octanol–water partition coefficient (Wildman–Crippen LogP) is 2.91. The Hall–Kier alpha value is -2.42. The fraction of sp³-hybridized carbons (Fsp3) is 0.143. The van der Waals surface area contributed by atoms with Gasteiger partial charge in [-0.3, -0.25) is 20.2 Å². The molecule has 2 aliphatic carbocycles. The lowest BCUT2D eigenvalue weighted by Crippen LogP contribution is -2.18. The highest BCUT2D eigenvalue weighted by atomic mass is 33.1. The van der Waals surface area contributed by atoms with Crippen molar-refractivity contribution in [3.05, 3.63) is 64.7 Å². The first-order valence-electron chi connectivity index (χ1n) is 7.09. The molecule has 0 aromatic carbocycles. The molecule has 14 heteroatoms. The van der Waals surface area contributed by atoms with E-state index in [9.17, 15) is 40.0 Å². The summed E-state index contributed by atoms with van der Waals surface area (Å²) in [5.41, 5.74) is -2.32. The van der Waals surface area contributed by atoms with Crippen molar-refractivity contribution in [2.24, 2.45) is 0 Å². The number of rotatable bonds is 7. The number of nitro groups is 2. The van der Waals surface area contributed by atoms with Gasteiger partial charge in [-0.05, 0) is 33.7 Å². The minimum absolute atomic E-state index is 0.111. The summed E-state index contributed by atoms with van der Waals surface area (Å²) in [5, 5.41) is 41.1. The Bertz CT molecular complexity index is 898. The van der Waals surface area contributed by atoms with Gasteiger partial charge in [0.05, 0.1) is 19.7 Å². The number of aliphatic carboxylic acids is 2. The van der Waals surface area contributed by atoms with Crippen LogP contribution in [-0.2, 0) is 9.59 Å². The van der Waals surface area contributed by atoms with Crippen molar-refractivity contribution < 1.29 is 29.6 Å². The van der Waals surface area contributed by atoms with Crippen molar-refractivity contribution in [3.8, 4) is 0 Å². The molecule has 0 aromatic heterocycles. The molecule has 2 aliphatic rings. The van der Waals surface area contributed by atoms with Crippen LogP contribution in [0.2, 0.25) is 0 Å². The number of carboxylic acids is 2. The summed E-state index contributed by atoms with van der Waals surface area (Å²) < 4.78 is 0. The number of thiocarbonyl (C=S) groups is 2. The lowest BCUT2D eigenvalue weighted by molar-refractivity contribution is -0.421. The second kappa shape index (κ2) is 8.72. The number of carbonyl (C=O) groups is 2. The highest BCUT2D eigenvalue weighted by Gasteiger charge is 2.36. The second-order valence-corrected chi connectivity index (χ2v) is 8.51. The van der Waals surface area contributed by atoms with Crippen LogP contribution in [0.3, 0.4) is 0 Å². The van der Waals surface area contributed by atoms with E-state index in [4.69, 9.17) is 24.4 Å². The Morgan fingerprint density at radius 1 is 0.857 bits per heavy atom. The number of hydrogen-bond donors (Lipinski definition) is 2. The fourth-order valence-corrected chi connectivity index (χ4v) is 5.40. The molecule has 10 nitrogen and oxygen atoms in total.